The molecule has 6 heteroatoms. The Kier molecular flexibility index (Phi) is 6.72. The number of urea groups is 1. The van der Waals surface area contributed by atoms with E-state index in [2.05, 4.69) is 17.1 Å². The molecule has 1 aromatic rings. The summed E-state index contributed by atoms with van der Waals surface area (Å²) >= 11 is 0. The number of carbonyl (C=O) groups is 1. The first-order valence-corrected chi connectivity index (χ1v) is 9.85. The number of rotatable bonds is 5. The molecule has 2 heterocycles. The average molecular weight is 363 g/mol. The number of piperidine rings is 2. The Morgan fingerprint density at radius 3 is 2.50 bits per heavy atom. The highest BCUT2D eigenvalue weighted by atomic mass is 19.1. The van der Waals surface area contributed by atoms with Gasteiger partial charge >= 0.3 is 6.03 Å². The summed E-state index contributed by atoms with van der Waals surface area (Å²) in [6.07, 6.45) is 4.95. The fourth-order valence-corrected chi connectivity index (χ4v) is 3.86. The summed E-state index contributed by atoms with van der Waals surface area (Å²) in [5.41, 5.74) is 0. The van der Waals surface area contributed by atoms with Crippen LogP contribution >= 0.6 is 0 Å². The van der Waals surface area contributed by atoms with Gasteiger partial charge in [0.15, 0.2) is 11.6 Å². The normalized spacial score (nSPS) is 20.2. The van der Waals surface area contributed by atoms with Gasteiger partial charge in [-0.2, -0.15) is 0 Å². The SMILES string of the molecule is CCCNC(=O)N1CCC(N2CCC(Oc3ccccc3F)CC2)CC1. The number of para-hydroxylation sites is 1. The van der Waals surface area contributed by atoms with Crippen molar-refractivity contribution in [1.82, 2.24) is 15.1 Å². The molecule has 2 aliphatic rings. The fraction of sp³-hybridized carbons (Fsp3) is 0.650. The molecule has 2 fully saturated rings. The van der Waals surface area contributed by atoms with E-state index >= 15 is 0 Å². The average Bonchev–Trinajstić information content (AvgIpc) is 2.68. The number of carbonyl (C=O) groups excluding carboxylic acids is 1. The van der Waals surface area contributed by atoms with Gasteiger partial charge in [0, 0.05) is 38.8 Å². The second-order valence-corrected chi connectivity index (χ2v) is 7.23. The number of hydrogen-bond acceptors (Lipinski definition) is 3. The fourth-order valence-electron chi connectivity index (χ4n) is 3.86. The Balaban J connectivity index is 1.40. The minimum atomic E-state index is -0.288. The molecule has 2 saturated heterocycles. The van der Waals surface area contributed by atoms with Crippen molar-refractivity contribution in [3.05, 3.63) is 30.1 Å². The monoisotopic (exact) mass is 363 g/mol. The number of ether oxygens (including phenoxy) is 1. The van der Waals surface area contributed by atoms with E-state index in [9.17, 15) is 9.18 Å². The summed E-state index contributed by atoms with van der Waals surface area (Å²) in [4.78, 5) is 16.5. The van der Waals surface area contributed by atoms with E-state index < -0.39 is 0 Å². The van der Waals surface area contributed by atoms with E-state index in [1.54, 1.807) is 18.2 Å². The maximum atomic E-state index is 13.7. The van der Waals surface area contributed by atoms with Gasteiger partial charge in [0.2, 0.25) is 0 Å². The lowest BCUT2D eigenvalue weighted by Crippen LogP contribution is -2.51. The molecule has 0 aliphatic carbocycles. The first-order valence-electron chi connectivity index (χ1n) is 9.85. The first-order chi connectivity index (χ1) is 12.7. The van der Waals surface area contributed by atoms with E-state index in [0.717, 1.165) is 64.8 Å². The Labute approximate surface area is 155 Å². The molecule has 0 saturated carbocycles. The van der Waals surface area contributed by atoms with Gasteiger partial charge in [0.05, 0.1) is 0 Å². The lowest BCUT2D eigenvalue weighted by Gasteiger charge is -2.41. The standard InChI is InChI=1S/C20H30FN3O2/c1-2-11-22-20(25)24-12-7-16(8-13-24)23-14-9-17(10-15-23)26-19-6-4-3-5-18(19)21/h3-6,16-17H,2,7-15H2,1H3,(H,22,25). The quantitative estimate of drug-likeness (QED) is 0.873. The van der Waals surface area contributed by atoms with Gasteiger partial charge in [-0.1, -0.05) is 19.1 Å². The molecular weight excluding hydrogens is 333 g/mol. The smallest absolute Gasteiger partial charge is 0.317 e. The van der Waals surface area contributed by atoms with Crippen molar-refractivity contribution in [3.63, 3.8) is 0 Å². The van der Waals surface area contributed by atoms with E-state index in [4.69, 9.17) is 4.74 Å². The summed E-state index contributed by atoms with van der Waals surface area (Å²) in [7, 11) is 0. The van der Waals surface area contributed by atoms with Crippen LogP contribution in [0.15, 0.2) is 24.3 Å². The lowest BCUT2D eigenvalue weighted by molar-refractivity contribution is 0.0520. The van der Waals surface area contributed by atoms with Crippen LogP contribution in [0.1, 0.15) is 39.0 Å². The van der Waals surface area contributed by atoms with Gasteiger partial charge in [0.1, 0.15) is 6.10 Å². The van der Waals surface area contributed by atoms with Crippen LogP contribution in [0.2, 0.25) is 0 Å². The second-order valence-electron chi connectivity index (χ2n) is 7.23. The lowest BCUT2D eigenvalue weighted by atomic mass is 9.99. The van der Waals surface area contributed by atoms with E-state index in [1.807, 2.05) is 4.90 Å². The molecule has 3 rings (SSSR count). The van der Waals surface area contributed by atoms with Crippen LogP contribution in [0.4, 0.5) is 9.18 Å². The largest absolute Gasteiger partial charge is 0.487 e. The number of likely N-dealkylation sites (tertiary alicyclic amines) is 2. The second kappa shape index (κ2) is 9.21. The summed E-state index contributed by atoms with van der Waals surface area (Å²) < 4.78 is 19.6. The van der Waals surface area contributed by atoms with E-state index in [0.29, 0.717) is 11.8 Å². The van der Waals surface area contributed by atoms with Crippen molar-refractivity contribution < 1.29 is 13.9 Å². The van der Waals surface area contributed by atoms with Crippen LogP contribution in [-0.2, 0) is 0 Å². The van der Waals surface area contributed by atoms with Gasteiger partial charge in [-0.05, 0) is 44.2 Å². The number of nitrogens with one attached hydrogen (secondary N) is 1. The highest BCUT2D eigenvalue weighted by Gasteiger charge is 2.30. The zero-order valence-corrected chi connectivity index (χ0v) is 15.6. The summed E-state index contributed by atoms with van der Waals surface area (Å²) in [5, 5.41) is 2.96. The van der Waals surface area contributed by atoms with Crippen molar-refractivity contribution in [2.24, 2.45) is 0 Å². The molecule has 0 aromatic heterocycles. The molecule has 0 spiro atoms. The maximum absolute atomic E-state index is 13.7. The minimum absolute atomic E-state index is 0.0716. The molecule has 144 valence electrons. The van der Waals surface area contributed by atoms with Crippen LogP contribution in [0.3, 0.4) is 0 Å². The zero-order valence-electron chi connectivity index (χ0n) is 15.6. The molecule has 2 amide bonds. The van der Waals surface area contributed by atoms with Gasteiger partial charge in [0.25, 0.3) is 0 Å². The Hall–Kier alpha value is -1.82. The third-order valence-corrected chi connectivity index (χ3v) is 5.40. The van der Waals surface area contributed by atoms with E-state index in [1.165, 1.54) is 6.07 Å². The van der Waals surface area contributed by atoms with Crippen molar-refractivity contribution in [2.75, 3.05) is 32.7 Å². The molecule has 0 radical (unpaired) electrons. The van der Waals surface area contributed by atoms with Crippen molar-refractivity contribution in [1.29, 1.82) is 0 Å². The Bertz CT molecular complexity index is 582. The highest BCUT2D eigenvalue weighted by molar-refractivity contribution is 5.74. The van der Waals surface area contributed by atoms with Gasteiger partial charge in [-0.3, -0.25) is 4.90 Å². The van der Waals surface area contributed by atoms with Crippen molar-refractivity contribution in [3.8, 4) is 5.75 Å². The molecule has 0 unspecified atom stereocenters. The molecule has 2 aliphatic heterocycles. The predicted molar refractivity (Wildman–Crippen MR) is 99.9 cm³/mol. The number of halogens is 1. The third-order valence-electron chi connectivity index (χ3n) is 5.40. The van der Waals surface area contributed by atoms with Crippen LogP contribution in [-0.4, -0.2) is 60.7 Å². The number of benzene rings is 1. The number of nitrogens with zero attached hydrogens (tertiary/aromatic N) is 2. The van der Waals surface area contributed by atoms with Gasteiger partial charge in [-0.15, -0.1) is 0 Å². The molecule has 1 N–H and O–H groups in total. The third kappa shape index (κ3) is 4.87. The Morgan fingerprint density at radius 2 is 1.85 bits per heavy atom. The molecule has 0 atom stereocenters. The number of hydrogen-bond donors (Lipinski definition) is 1. The maximum Gasteiger partial charge on any atom is 0.317 e. The van der Waals surface area contributed by atoms with Crippen molar-refractivity contribution in [2.45, 2.75) is 51.2 Å². The Morgan fingerprint density at radius 1 is 1.15 bits per heavy atom. The summed E-state index contributed by atoms with van der Waals surface area (Å²) in [5.74, 6) is 0.0704. The van der Waals surface area contributed by atoms with E-state index in [-0.39, 0.29) is 18.0 Å². The van der Waals surface area contributed by atoms with Crippen LogP contribution in [0.5, 0.6) is 5.75 Å². The molecule has 5 nitrogen and oxygen atoms in total. The van der Waals surface area contributed by atoms with Crippen LogP contribution in [0.25, 0.3) is 0 Å². The van der Waals surface area contributed by atoms with Crippen LogP contribution in [0, 0.1) is 5.82 Å². The molecule has 0 bridgehead atoms. The van der Waals surface area contributed by atoms with Crippen molar-refractivity contribution >= 4 is 6.03 Å². The minimum Gasteiger partial charge on any atom is -0.487 e. The summed E-state index contributed by atoms with van der Waals surface area (Å²) in [6, 6.07) is 7.23. The highest BCUT2D eigenvalue weighted by Crippen LogP contribution is 2.25. The molecule has 1 aromatic carbocycles. The van der Waals surface area contributed by atoms with Crippen LogP contribution < -0.4 is 10.1 Å². The number of amides is 2. The van der Waals surface area contributed by atoms with Gasteiger partial charge in [-0.25, -0.2) is 9.18 Å². The van der Waals surface area contributed by atoms with Gasteiger partial charge < -0.3 is 15.0 Å². The predicted octanol–water partition coefficient (Wildman–Crippen LogP) is 3.25. The zero-order chi connectivity index (χ0) is 18.4. The molecule has 26 heavy (non-hydrogen) atoms. The topological polar surface area (TPSA) is 44.8 Å². The first kappa shape index (κ1) is 19.0. The summed E-state index contributed by atoms with van der Waals surface area (Å²) in [6.45, 7) is 6.41. The molecular formula is C20H30FN3O2.